The summed E-state index contributed by atoms with van der Waals surface area (Å²) in [6, 6.07) is 19.0. The monoisotopic (exact) mass is 321 g/mol. The molecule has 0 aromatic heterocycles. The van der Waals surface area contributed by atoms with Gasteiger partial charge in [-0.15, -0.1) is 0 Å². The Labute approximate surface area is 141 Å². The molecular formula is C20H21N2O2+. The molecule has 1 saturated carbocycles. The second-order valence-electron chi connectivity index (χ2n) is 6.52. The zero-order valence-corrected chi connectivity index (χ0v) is 13.5. The van der Waals surface area contributed by atoms with Crippen LogP contribution >= 0.6 is 0 Å². The van der Waals surface area contributed by atoms with E-state index in [9.17, 15) is 10.1 Å². The summed E-state index contributed by atoms with van der Waals surface area (Å²) in [5.41, 5.74) is 2.88. The van der Waals surface area contributed by atoms with Gasteiger partial charge in [-0.25, -0.2) is 5.06 Å². The van der Waals surface area contributed by atoms with Crippen molar-refractivity contribution in [3.63, 3.8) is 0 Å². The lowest BCUT2D eigenvalue weighted by Gasteiger charge is -2.37. The fourth-order valence-electron chi connectivity index (χ4n) is 3.92. The zero-order valence-electron chi connectivity index (χ0n) is 13.5. The molecule has 4 heteroatoms. The average Bonchev–Trinajstić information content (AvgIpc) is 2.66. The van der Waals surface area contributed by atoms with E-state index < -0.39 is 0 Å². The van der Waals surface area contributed by atoms with Crippen molar-refractivity contribution in [3.05, 3.63) is 76.7 Å². The van der Waals surface area contributed by atoms with Crippen LogP contribution in [0.5, 0.6) is 0 Å². The van der Waals surface area contributed by atoms with Gasteiger partial charge < -0.3 is 0 Å². The fraction of sp³-hybridized carbons (Fsp3) is 0.300. The minimum absolute atomic E-state index is 0.140. The van der Waals surface area contributed by atoms with Gasteiger partial charge in [-0.3, -0.25) is 5.21 Å². The third-order valence-corrected chi connectivity index (χ3v) is 5.08. The third kappa shape index (κ3) is 2.43. The number of hydrogen-bond donors (Lipinski definition) is 1. The number of hydroxylamine groups is 2. The first-order valence-corrected chi connectivity index (χ1v) is 8.57. The van der Waals surface area contributed by atoms with E-state index in [2.05, 4.69) is 0 Å². The quantitative estimate of drug-likeness (QED) is 0.838. The molecule has 0 radical (unpaired) electrons. The molecule has 2 aromatic carbocycles. The Kier molecular flexibility index (Phi) is 3.90. The van der Waals surface area contributed by atoms with Crippen molar-refractivity contribution in [1.82, 2.24) is 5.06 Å². The van der Waals surface area contributed by atoms with E-state index in [0.29, 0.717) is 11.4 Å². The third-order valence-electron chi connectivity index (χ3n) is 5.08. The van der Waals surface area contributed by atoms with Crippen molar-refractivity contribution < 1.29 is 9.97 Å². The molecule has 2 aliphatic rings. The molecule has 1 N–H and O–H groups in total. The van der Waals surface area contributed by atoms with Gasteiger partial charge in [0.25, 0.3) is 5.70 Å². The van der Waals surface area contributed by atoms with Gasteiger partial charge in [0.2, 0.25) is 6.04 Å². The number of nitroso groups, excluding NO2 is 1. The highest BCUT2D eigenvalue weighted by atomic mass is 16.5. The van der Waals surface area contributed by atoms with Crippen LogP contribution < -0.4 is 0 Å². The number of nitrogens with zero attached hydrogens (tertiary/aromatic N) is 2. The van der Waals surface area contributed by atoms with E-state index in [1.807, 2.05) is 60.7 Å². The largest absolute Gasteiger partial charge is 0.289 e. The van der Waals surface area contributed by atoms with E-state index >= 15 is 0 Å². The topological polar surface area (TPSA) is 43.5 Å². The van der Waals surface area contributed by atoms with Gasteiger partial charge >= 0.3 is 0 Å². The first kappa shape index (κ1) is 15.1. The normalized spacial score (nSPS) is 24.0. The maximum Gasteiger partial charge on any atom is 0.289 e. The van der Waals surface area contributed by atoms with Crippen LogP contribution in [0, 0.1) is 4.91 Å². The minimum atomic E-state index is -0.189. The Balaban J connectivity index is 1.94. The summed E-state index contributed by atoms with van der Waals surface area (Å²) in [5, 5.41) is 12.3. The number of hydrogen-bond acceptors (Lipinski definition) is 3. The van der Waals surface area contributed by atoms with Crippen molar-refractivity contribution in [1.29, 1.82) is 0 Å². The molecule has 0 amide bonds. The molecule has 1 heterocycles. The lowest BCUT2D eigenvalue weighted by molar-refractivity contribution is -0.521. The summed E-state index contributed by atoms with van der Waals surface area (Å²) in [5.74, 6) is 0. The molecule has 2 aromatic rings. The molecule has 1 aliphatic heterocycles. The van der Waals surface area contributed by atoms with Gasteiger partial charge in [-0.05, 0) is 25.0 Å². The van der Waals surface area contributed by atoms with Gasteiger partial charge in [0, 0.05) is 21.7 Å². The smallest absolute Gasteiger partial charge is 0.288 e. The summed E-state index contributed by atoms with van der Waals surface area (Å²) in [7, 11) is 0. The molecule has 4 nitrogen and oxygen atoms in total. The lowest BCUT2D eigenvalue weighted by atomic mass is 9.86. The van der Waals surface area contributed by atoms with Crippen LogP contribution in [0.25, 0.3) is 11.4 Å². The van der Waals surface area contributed by atoms with Crippen LogP contribution in [-0.2, 0) is 0 Å². The van der Waals surface area contributed by atoms with E-state index in [1.54, 1.807) is 0 Å². The second-order valence-corrected chi connectivity index (χ2v) is 6.52. The van der Waals surface area contributed by atoms with Crippen molar-refractivity contribution in [2.75, 3.05) is 0 Å². The molecule has 1 aliphatic carbocycles. The Morgan fingerprint density at radius 1 is 0.875 bits per heavy atom. The van der Waals surface area contributed by atoms with Crippen LogP contribution in [0.1, 0.15) is 36.8 Å². The van der Waals surface area contributed by atoms with Crippen LogP contribution in [0.15, 0.2) is 60.7 Å². The molecule has 2 atom stereocenters. The Bertz CT molecular complexity index is 771. The highest BCUT2D eigenvalue weighted by Crippen LogP contribution is 2.40. The highest BCUT2D eigenvalue weighted by molar-refractivity contribution is 5.86. The fourth-order valence-corrected chi connectivity index (χ4v) is 3.92. The molecular weight excluding hydrogens is 300 g/mol. The van der Waals surface area contributed by atoms with Crippen molar-refractivity contribution >= 4 is 11.4 Å². The summed E-state index contributed by atoms with van der Waals surface area (Å²) in [6.45, 7) is 0. The molecule has 0 bridgehead atoms. The van der Waals surface area contributed by atoms with Crippen LogP contribution in [0.3, 0.4) is 0 Å². The van der Waals surface area contributed by atoms with E-state index in [0.717, 1.165) is 41.6 Å². The van der Waals surface area contributed by atoms with E-state index in [1.165, 1.54) is 5.06 Å². The second kappa shape index (κ2) is 6.21. The summed E-state index contributed by atoms with van der Waals surface area (Å²) >= 11 is 0. The average molecular weight is 321 g/mol. The maximum absolute atomic E-state index is 13.2. The highest BCUT2D eigenvalue weighted by Gasteiger charge is 2.50. The van der Waals surface area contributed by atoms with Crippen molar-refractivity contribution in [3.8, 4) is 0 Å². The SMILES string of the molecule is O=[N+]1C(c2ccccc2)=C(c2ccccc2)N(O)[C@@H]2CCCC[C@@H]21. The molecule has 122 valence electrons. The molecule has 0 saturated heterocycles. The predicted octanol–water partition coefficient (Wildman–Crippen LogP) is 4.31. The molecule has 24 heavy (non-hydrogen) atoms. The zero-order chi connectivity index (χ0) is 16.5. The Hall–Kier alpha value is -2.46. The number of benzene rings is 2. The summed E-state index contributed by atoms with van der Waals surface area (Å²) in [4.78, 5) is 13.2. The Morgan fingerprint density at radius 2 is 1.46 bits per heavy atom. The number of fused-ring (bicyclic) bond motifs is 1. The van der Waals surface area contributed by atoms with Gasteiger partial charge in [-0.2, -0.15) is 0 Å². The molecule has 0 unspecified atom stereocenters. The summed E-state index contributed by atoms with van der Waals surface area (Å²) < 4.78 is 1.15. The molecule has 4 rings (SSSR count). The number of rotatable bonds is 2. The van der Waals surface area contributed by atoms with Gasteiger partial charge in [0.15, 0.2) is 0 Å². The van der Waals surface area contributed by atoms with Crippen LogP contribution in [0.2, 0.25) is 0 Å². The van der Waals surface area contributed by atoms with Crippen LogP contribution in [-0.4, -0.2) is 27.1 Å². The van der Waals surface area contributed by atoms with E-state index in [4.69, 9.17) is 0 Å². The molecule has 1 fully saturated rings. The first-order valence-electron chi connectivity index (χ1n) is 8.57. The Morgan fingerprint density at radius 3 is 2.12 bits per heavy atom. The maximum atomic E-state index is 13.2. The standard InChI is InChI=1S/C20H21N2O2/c23-21-17-13-7-8-14-18(17)22(24)20(16-11-5-2-6-12-16)19(21)15-9-3-1-4-10-15/h1-6,9-12,17-18,23H,7-8,13-14H2/q+1/t17-,18+/m1/s1. The van der Waals surface area contributed by atoms with Crippen LogP contribution in [0.4, 0.5) is 0 Å². The molecule has 0 spiro atoms. The predicted molar refractivity (Wildman–Crippen MR) is 93.0 cm³/mol. The minimum Gasteiger partial charge on any atom is -0.288 e. The van der Waals surface area contributed by atoms with Crippen molar-refractivity contribution in [2.45, 2.75) is 37.8 Å². The lowest BCUT2D eigenvalue weighted by Crippen LogP contribution is -2.51. The van der Waals surface area contributed by atoms with Gasteiger partial charge in [0.05, 0.1) is 5.56 Å². The summed E-state index contributed by atoms with van der Waals surface area (Å²) in [6.07, 6.45) is 3.76. The van der Waals surface area contributed by atoms with E-state index in [-0.39, 0.29) is 12.1 Å². The van der Waals surface area contributed by atoms with Crippen molar-refractivity contribution in [2.24, 2.45) is 0 Å². The first-order chi connectivity index (χ1) is 11.8. The van der Waals surface area contributed by atoms with Gasteiger partial charge in [0.1, 0.15) is 11.7 Å². The van der Waals surface area contributed by atoms with Gasteiger partial charge in [-0.1, -0.05) is 55.0 Å².